The summed E-state index contributed by atoms with van der Waals surface area (Å²) < 4.78 is 39.1. The molecule has 1 aromatic heterocycles. The van der Waals surface area contributed by atoms with Gasteiger partial charge in [0.15, 0.2) is 11.6 Å². The lowest BCUT2D eigenvalue weighted by Crippen LogP contribution is -2.27. The van der Waals surface area contributed by atoms with Crippen LogP contribution in [0.3, 0.4) is 0 Å². The van der Waals surface area contributed by atoms with E-state index in [1.165, 1.54) is 11.3 Å². The predicted octanol–water partition coefficient (Wildman–Crippen LogP) is 5.02. The fraction of sp³-hybridized carbons (Fsp3) is 0.208. The molecule has 0 amide bonds. The largest absolute Gasteiger partial charge is 0.493 e. The van der Waals surface area contributed by atoms with Crippen LogP contribution in [0.15, 0.2) is 54.6 Å². The lowest BCUT2D eigenvalue weighted by molar-refractivity contribution is 0.0504. The van der Waals surface area contributed by atoms with E-state index in [-0.39, 0.29) is 12.5 Å². The van der Waals surface area contributed by atoms with Crippen molar-refractivity contribution in [2.24, 2.45) is 5.92 Å². The van der Waals surface area contributed by atoms with Gasteiger partial charge in [-0.05, 0) is 48.4 Å². The third-order valence-corrected chi connectivity index (χ3v) is 6.48. The van der Waals surface area contributed by atoms with Gasteiger partial charge in [0.2, 0.25) is 0 Å². The number of nitrogens with two attached hydrogens (primary N) is 1. The number of aromatic nitrogens is 1. The fourth-order valence-corrected chi connectivity index (χ4v) is 4.78. The molecular weight excluding hydrogens is 434 g/mol. The number of nitrogens with zero attached hydrogens (tertiary/aromatic N) is 1. The first-order chi connectivity index (χ1) is 15.5. The van der Waals surface area contributed by atoms with E-state index in [2.05, 4.69) is 4.98 Å². The van der Waals surface area contributed by atoms with Crippen molar-refractivity contribution in [1.29, 1.82) is 0 Å². The highest BCUT2D eigenvalue weighted by molar-refractivity contribution is 7.18. The van der Waals surface area contributed by atoms with Crippen molar-refractivity contribution in [3.8, 4) is 11.5 Å². The number of hydrogen-bond acceptors (Lipinski definition) is 6. The van der Waals surface area contributed by atoms with Crippen LogP contribution < -0.4 is 15.2 Å². The number of anilines is 1. The Morgan fingerprint density at radius 2 is 1.97 bits per heavy atom. The maximum Gasteiger partial charge on any atom is 0.161 e. The molecule has 2 atom stereocenters. The average Bonchev–Trinajstić information content (AvgIpc) is 3.16. The van der Waals surface area contributed by atoms with Gasteiger partial charge in [0.25, 0.3) is 0 Å². The van der Waals surface area contributed by atoms with Crippen LogP contribution in [0.2, 0.25) is 0 Å². The molecular formula is C24H20F2N2O3S. The smallest absolute Gasteiger partial charge is 0.161 e. The molecule has 5 nitrogen and oxygen atoms in total. The summed E-state index contributed by atoms with van der Waals surface area (Å²) >= 11 is 1.24. The molecule has 0 saturated carbocycles. The molecule has 4 aromatic rings. The number of fused-ring (bicyclic) bond motifs is 2. The number of hydrogen-bond donors (Lipinski definition) is 2. The normalized spacial score (nSPS) is 17.7. The van der Waals surface area contributed by atoms with Gasteiger partial charge in [-0.2, -0.15) is 0 Å². The fourth-order valence-electron chi connectivity index (χ4n) is 3.89. The summed E-state index contributed by atoms with van der Waals surface area (Å²) in [5.74, 6) is -0.766. The van der Waals surface area contributed by atoms with Crippen LogP contribution in [0.1, 0.15) is 22.2 Å². The standard InChI is InChI=1S/C24H20F2N2O3S/c25-18-9-20-22(10-19(18)26)32-23(28-20)12-30-16-4-5-21-17(8-16)24(29)14(11-31-21)6-13-2-1-3-15(27)7-13/h1-5,7-10,14,24,29H,6,11-12,27H2. The number of aliphatic hydroxyl groups is 1. The molecule has 0 bridgehead atoms. The van der Waals surface area contributed by atoms with Crippen molar-refractivity contribution in [3.05, 3.63) is 82.4 Å². The Labute approximate surface area is 187 Å². The number of rotatable bonds is 5. The molecule has 164 valence electrons. The van der Waals surface area contributed by atoms with Gasteiger partial charge < -0.3 is 20.3 Å². The quantitative estimate of drug-likeness (QED) is 0.414. The van der Waals surface area contributed by atoms with Gasteiger partial charge in [-0.1, -0.05) is 12.1 Å². The van der Waals surface area contributed by atoms with Crippen LogP contribution in [0.25, 0.3) is 10.2 Å². The maximum atomic E-state index is 13.4. The lowest BCUT2D eigenvalue weighted by atomic mass is 9.88. The summed E-state index contributed by atoms with van der Waals surface area (Å²) in [6.07, 6.45) is -0.0765. The van der Waals surface area contributed by atoms with E-state index in [0.717, 1.165) is 17.7 Å². The minimum Gasteiger partial charge on any atom is -0.493 e. The van der Waals surface area contributed by atoms with Gasteiger partial charge in [-0.15, -0.1) is 11.3 Å². The van der Waals surface area contributed by atoms with E-state index in [4.69, 9.17) is 15.2 Å². The molecule has 3 N–H and O–H groups in total. The van der Waals surface area contributed by atoms with Gasteiger partial charge in [0.1, 0.15) is 23.1 Å². The Bertz CT molecular complexity index is 1250. The van der Waals surface area contributed by atoms with E-state index in [9.17, 15) is 13.9 Å². The van der Waals surface area contributed by atoms with Crippen LogP contribution in [-0.2, 0) is 13.0 Å². The average molecular weight is 454 g/mol. The molecule has 5 rings (SSSR count). The monoisotopic (exact) mass is 454 g/mol. The number of thiazole rings is 1. The van der Waals surface area contributed by atoms with Crippen LogP contribution in [0, 0.1) is 17.6 Å². The third kappa shape index (κ3) is 4.11. The van der Waals surface area contributed by atoms with Crippen LogP contribution in [0.5, 0.6) is 11.5 Å². The molecule has 0 radical (unpaired) electrons. The molecule has 2 unspecified atom stereocenters. The molecule has 1 aliphatic rings. The minimum absolute atomic E-state index is 0.117. The van der Waals surface area contributed by atoms with Crippen LogP contribution in [-0.4, -0.2) is 16.7 Å². The summed E-state index contributed by atoms with van der Waals surface area (Å²) in [5.41, 5.74) is 8.65. The predicted molar refractivity (Wildman–Crippen MR) is 119 cm³/mol. The second-order valence-electron chi connectivity index (χ2n) is 7.80. The Hall–Kier alpha value is -3.23. The molecule has 0 spiro atoms. The van der Waals surface area contributed by atoms with Gasteiger partial charge >= 0.3 is 0 Å². The summed E-state index contributed by atoms with van der Waals surface area (Å²) in [5, 5.41) is 11.6. The van der Waals surface area contributed by atoms with Crippen LogP contribution in [0.4, 0.5) is 14.5 Å². The van der Waals surface area contributed by atoms with E-state index >= 15 is 0 Å². The minimum atomic E-state index is -0.924. The zero-order valence-corrected chi connectivity index (χ0v) is 17.7. The number of ether oxygens (including phenoxy) is 2. The van der Waals surface area contributed by atoms with E-state index in [1.807, 2.05) is 24.3 Å². The molecule has 32 heavy (non-hydrogen) atoms. The number of nitrogen functional groups attached to an aromatic ring is 1. The van der Waals surface area contributed by atoms with E-state index in [1.54, 1.807) is 18.2 Å². The molecule has 8 heteroatoms. The first-order valence-electron chi connectivity index (χ1n) is 10.1. The van der Waals surface area contributed by atoms with Gasteiger partial charge in [-0.25, -0.2) is 13.8 Å². The molecule has 3 aromatic carbocycles. The summed E-state index contributed by atoms with van der Waals surface area (Å²) in [4.78, 5) is 4.30. The van der Waals surface area contributed by atoms with E-state index in [0.29, 0.717) is 51.0 Å². The Kier molecular flexibility index (Phi) is 5.40. The highest BCUT2D eigenvalue weighted by Gasteiger charge is 2.30. The lowest BCUT2D eigenvalue weighted by Gasteiger charge is -2.30. The summed E-state index contributed by atoms with van der Waals surface area (Å²) in [6, 6.07) is 15.1. The summed E-state index contributed by atoms with van der Waals surface area (Å²) in [7, 11) is 0. The second kappa shape index (κ2) is 8.37. The molecule has 0 aliphatic carbocycles. The van der Waals surface area contributed by atoms with E-state index < -0.39 is 17.7 Å². The Morgan fingerprint density at radius 3 is 2.81 bits per heavy atom. The zero-order valence-electron chi connectivity index (χ0n) is 16.9. The number of aliphatic hydroxyl groups excluding tert-OH is 1. The molecule has 0 fully saturated rings. The highest BCUT2D eigenvalue weighted by Crippen LogP contribution is 2.39. The number of benzene rings is 3. The highest BCUT2D eigenvalue weighted by atomic mass is 32.1. The molecule has 2 heterocycles. The first kappa shape index (κ1) is 20.7. The van der Waals surface area contributed by atoms with Crippen LogP contribution >= 0.6 is 11.3 Å². The van der Waals surface area contributed by atoms with Crippen molar-refractivity contribution in [2.45, 2.75) is 19.1 Å². The number of halogens is 2. The zero-order chi connectivity index (χ0) is 22.2. The van der Waals surface area contributed by atoms with Gasteiger partial charge in [0, 0.05) is 23.2 Å². The summed E-state index contributed by atoms with van der Waals surface area (Å²) in [6.45, 7) is 0.549. The van der Waals surface area contributed by atoms with Crippen molar-refractivity contribution < 1.29 is 23.4 Å². The maximum absolute atomic E-state index is 13.4. The van der Waals surface area contributed by atoms with Crippen molar-refractivity contribution in [1.82, 2.24) is 4.98 Å². The van der Waals surface area contributed by atoms with Gasteiger partial charge in [0.05, 0.1) is 22.9 Å². The van der Waals surface area contributed by atoms with Crippen molar-refractivity contribution in [2.75, 3.05) is 12.3 Å². The molecule has 0 saturated heterocycles. The third-order valence-electron chi connectivity index (χ3n) is 5.49. The molecule has 1 aliphatic heterocycles. The van der Waals surface area contributed by atoms with Gasteiger partial charge in [-0.3, -0.25) is 0 Å². The SMILES string of the molecule is Nc1cccc(CC2COc3ccc(OCc4nc5cc(F)c(F)cc5s4)cc3C2O)c1. The Morgan fingerprint density at radius 1 is 1.12 bits per heavy atom. The Balaban J connectivity index is 1.31. The first-order valence-corrected chi connectivity index (χ1v) is 10.9. The topological polar surface area (TPSA) is 77.6 Å². The second-order valence-corrected chi connectivity index (χ2v) is 8.91. The van der Waals surface area contributed by atoms with Crippen molar-refractivity contribution >= 4 is 27.2 Å². The van der Waals surface area contributed by atoms with Crippen molar-refractivity contribution in [3.63, 3.8) is 0 Å².